The van der Waals surface area contributed by atoms with Crippen molar-refractivity contribution >= 4 is 28.8 Å². The largest absolute Gasteiger partial charge is 0.506 e. The number of nitrogens with one attached hydrogen (secondary N) is 1. The number of aliphatic imine (C=N–C) groups is 1. The second-order valence-electron chi connectivity index (χ2n) is 5.65. The van der Waals surface area contributed by atoms with Gasteiger partial charge in [-0.1, -0.05) is 6.92 Å². The van der Waals surface area contributed by atoms with Crippen LogP contribution >= 0.6 is 0 Å². The Morgan fingerprint density at radius 2 is 1.81 bits per heavy atom. The molecule has 1 aromatic carbocycles. The van der Waals surface area contributed by atoms with Crippen LogP contribution in [0.2, 0.25) is 0 Å². The molecule has 142 valence electrons. The molecule has 0 saturated carbocycles. The molecule has 9 heteroatoms. The number of carbonyl (C=O) groups is 2. The predicted octanol–water partition coefficient (Wildman–Crippen LogP) is 2.45. The van der Waals surface area contributed by atoms with Crippen molar-refractivity contribution in [3.8, 4) is 17.4 Å². The topological polar surface area (TPSA) is 149 Å². The number of phenolic OH excluding ortho intramolecular Hbond substituents is 1. The van der Waals surface area contributed by atoms with E-state index in [1.165, 1.54) is 25.1 Å². The van der Waals surface area contributed by atoms with Crippen LogP contribution in [0.15, 0.2) is 32.4 Å². The normalized spacial score (nSPS) is 11.3. The lowest BCUT2D eigenvalue weighted by Gasteiger charge is -2.09. The van der Waals surface area contributed by atoms with Gasteiger partial charge in [-0.3, -0.25) is 14.6 Å². The molecule has 1 aromatic heterocycles. The molecule has 1 heterocycles. The molecule has 0 radical (unpaired) electrons. The summed E-state index contributed by atoms with van der Waals surface area (Å²) < 4.78 is 4.59. The molecule has 0 fully saturated rings. The number of Topliss-reactive ketones (excluding diaryl/α,β-unsaturated/α-hetero) is 1. The number of benzene rings is 1. The molecule has 0 aliphatic heterocycles. The third-order valence-electron chi connectivity index (χ3n) is 3.67. The molecule has 0 atom stereocenters. The van der Waals surface area contributed by atoms with Crippen LogP contribution in [0.5, 0.6) is 17.4 Å². The average Bonchev–Trinajstić information content (AvgIpc) is 2.56. The van der Waals surface area contributed by atoms with Crippen LogP contribution in [0.3, 0.4) is 0 Å². The van der Waals surface area contributed by atoms with Gasteiger partial charge in [0.25, 0.3) is 5.95 Å². The summed E-state index contributed by atoms with van der Waals surface area (Å²) in [6, 6.07) is 4.10. The Kier molecular flexibility index (Phi) is 5.64. The van der Waals surface area contributed by atoms with Gasteiger partial charge in [-0.05, 0) is 32.0 Å². The van der Waals surface area contributed by atoms with Gasteiger partial charge in [0.1, 0.15) is 22.6 Å². The highest BCUT2D eigenvalue weighted by atomic mass is 16.5. The number of aromatic hydroxyl groups is 3. The van der Waals surface area contributed by atoms with Gasteiger partial charge in [0, 0.05) is 6.42 Å². The second-order valence-corrected chi connectivity index (χ2v) is 5.65. The average molecular weight is 374 g/mol. The van der Waals surface area contributed by atoms with Crippen molar-refractivity contribution in [2.45, 2.75) is 27.2 Å². The molecule has 2 aromatic rings. The summed E-state index contributed by atoms with van der Waals surface area (Å²) in [4.78, 5) is 39.2. The molecule has 0 aliphatic carbocycles. The minimum Gasteiger partial charge on any atom is -0.506 e. The van der Waals surface area contributed by atoms with Crippen LogP contribution in [0.25, 0.3) is 0 Å². The number of anilines is 1. The molecule has 0 unspecified atom stereocenters. The van der Waals surface area contributed by atoms with Crippen molar-refractivity contribution in [1.82, 2.24) is 0 Å². The third-order valence-corrected chi connectivity index (χ3v) is 3.67. The Morgan fingerprint density at radius 1 is 1.15 bits per heavy atom. The fraction of sp³-hybridized carbons (Fsp3) is 0.222. The van der Waals surface area contributed by atoms with Gasteiger partial charge < -0.3 is 25.1 Å². The van der Waals surface area contributed by atoms with Gasteiger partial charge in [0.15, 0.2) is 5.78 Å². The van der Waals surface area contributed by atoms with Crippen LogP contribution in [0.1, 0.15) is 43.1 Å². The van der Waals surface area contributed by atoms with E-state index in [9.17, 15) is 29.7 Å². The van der Waals surface area contributed by atoms with E-state index in [1.807, 2.05) is 0 Å². The minimum atomic E-state index is -1.07. The maximum atomic E-state index is 12.0. The van der Waals surface area contributed by atoms with E-state index in [1.54, 1.807) is 6.92 Å². The summed E-state index contributed by atoms with van der Waals surface area (Å²) in [5.74, 6) is -2.89. The minimum absolute atomic E-state index is 0.00204. The van der Waals surface area contributed by atoms with Crippen LogP contribution in [0, 0.1) is 0 Å². The lowest BCUT2D eigenvalue weighted by molar-refractivity contribution is -0.115. The first-order chi connectivity index (χ1) is 12.6. The number of ketones is 1. The van der Waals surface area contributed by atoms with Gasteiger partial charge in [0.05, 0.1) is 17.1 Å². The first kappa shape index (κ1) is 19.7. The number of rotatable bonds is 5. The van der Waals surface area contributed by atoms with E-state index in [2.05, 4.69) is 14.7 Å². The van der Waals surface area contributed by atoms with Crippen LogP contribution < -0.4 is 10.9 Å². The van der Waals surface area contributed by atoms with E-state index >= 15 is 0 Å². The van der Waals surface area contributed by atoms with Crippen molar-refractivity contribution in [1.29, 1.82) is 0 Å². The number of phenols is 1. The molecular formula is C18H18N2O7. The first-order valence-corrected chi connectivity index (χ1v) is 7.94. The van der Waals surface area contributed by atoms with Gasteiger partial charge in [-0.25, -0.2) is 4.79 Å². The van der Waals surface area contributed by atoms with Crippen LogP contribution in [-0.2, 0) is 4.79 Å². The van der Waals surface area contributed by atoms with E-state index in [0.717, 1.165) is 6.92 Å². The van der Waals surface area contributed by atoms with Crippen molar-refractivity contribution < 1.29 is 29.3 Å². The lowest BCUT2D eigenvalue weighted by Crippen LogP contribution is -2.15. The molecule has 9 nitrogen and oxygen atoms in total. The van der Waals surface area contributed by atoms with Crippen molar-refractivity contribution in [2.24, 2.45) is 4.99 Å². The summed E-state index contributed by atoms with van der Waals surface area (Å²) in [5, 5.41) is 32.1. The summed E-state index contributed by atoms with van der Waals surface area (Å²) in [6.07, 6.45) is 0.211. The zero-order valence-electron chi connectivity index (χ0n) is 14.9. The Morgan fingerprint density at radius 3 is 2.41 bits per heavy atom. The van der Waals surface area contributed by atoms with E-state index in [4.69, 9.17) is 0 Å². The van der Waals surface area contributed by atoms with Crippen molar-refractivity contribution in [2.75, 3.05) is 5.32 Å². The Hall–Kier alpha value is -3.62. The Balaban J connectivity index is 2.54. The Bertz CT molecular complexity index is 1010. The molecule has 27 heavy (non-hydrogen) atoms. The SMILES string of the molecule is CCC(=O)Nc1cc(N=C(C)c2c(O)c(C(C)=O)c(O)oc2=O)ccc1O. The summed E-state index contributed by atoms with van der Waals surface area (Å²) in [5.41, 5.74) is -1.60. The highest BCUT2D eigenvalue weighted by Gasteiger charge is 2.24. The second kappa shape index (κ2) is 7.73. The van der Waals surface area contributed by atoms with Gasteiger partial charge in [-0.2, -0.15) is 0 Å². The molecule has 0 bridgehead atoms. The monoisotopic (exact) mass is 374 g/mol. The maximum Gasteiger partial charge on any atom is 0.351 e. The van der Waals surface area contributed by atoms with E-state index in [-0.39, 0.29) is 40.7 Å². The molecular weight excluding hydrogens is 356 g/mol. The molecule has 1 amide bonds. The Labute approximate surface area is 153 Å². The summed E-state index contributed by atoms with van der Waals surface area (Å²) >= 11 is 0. The van der Waals surface area contributed by atoms with Gasteiger partial charge in [0.2, 0.25) is 5.91 Å². The number of carbonyl (C=O) groups excluding carboxylic acids is 2. The highest BCUT2D eigenvalue weighted by Crippen LogP contribution is 2.31. The van der Waals surface area contributed by atoms with Crippen LogP contribution in [0.4, 0.5) is 11.4 Å². The molecule has 4 N–H and O–H groups in total. The smallest absolute Gasteiger partial charge is 0.351 e. The predicted molar refractivity (Wildman–Crippen MR) is 97.2 cm³/mol. The maximum absolute atomic E-state index is 12.0. The lowest BCUT2D eigenvalue weighted by atomic mass is 10.1. The zero-order chi connectivity index (χ0) is 20.3. The summed E-state index contributed by atoms with van der Waals surface area (Å²) in [6.45, 7) is 4.13. The number of hydrogen-bond donors (Lipinski definition) is 4. The van der Waals surface area contributed by atoms with Crippen molar-refractivity contribution in [3.05, 3.63) is 39.7 Å². The number of amides is 1. The molecule has 0 aliphatic rings. The van der Waals surface area contributed by atoms with E-state index < -0.39 is 28.7 Å². The fourth-order valence-electron chi connectivity index (χ4n) is 2.33. The van der Waals surface area contributed by atoms with Crippen molar-refractivity contribution in [3.63, 3.8) is 0 Å². The number of hydrogen-bond acceptors (Lipinski definition) is 8. The number of nitrogens with zero attached hydrogens (tertiary/aromatic N) is 1. The molecule has 0 saturated heterocycles. The zero-order valence-corrected chi connectivity index (χ0v) is 14.9. The highest BCUT2D eigenvalue weighted by molar-refractivity contribution is 6.07. The molecule has 2 rings (SSSR count). The standard InChI is InChI=1S/C18H18N2O7/c1-4-13(23)20-11-7-10(5-6-12(11)22)19-8(2)14-16(24)15(9(3)21)18(26)27-17(14)25/h5-7,22,24,26H,4H2,1-3H3,(H,20,23). The van der Waals surface area contributed by atoms with Gasteiger partial charge in [-0.15, -0.1) is 0 Å². The first-order valence-electron chi connectivity index (χ1n) is 7.94. The third kappa shape index (κ3) is 4.14. The van der Waals surface area contributed by atoms with Gasteiger partial charge >= 0.3 is 5.63 Å². The summed E-state index contributed by atoms with van der Waals surface area (Å²) in [7, 11) is 0. The molecule has 0 spiro atoms. The fourth-order valence-corrected chi connectivity index (χ4v) is 2.33. The van der Waals surface area contributed by atoms with E-state index in [0.29, 0.717) is 0 Å². The quantitative estimate of drug-likeness (QED) is 0.357. The van der Waals surface area contributed by atoms with Crippen LogP contribution in [-0.4, -0.2) is 32.7 Å².